The largest absolute Gasteiger partial charge is 0.496 e. The second-order valence-electron chi connectivity index (χ2n) is 5.10. The van der Waals surface area contributed by atoms with E-state index >= 15 is 0 Å². The van der Waals surface area contributed by atoms with E-state index in [1.165, 1.54) is 12.1 Å². The number of para-hydroxylation sites is 1. The van der Waals surface area contributed by atoms with Gasteiger partial charge in [-0.15, -0.1) is 0 Å². The highest BCUT2D eigenvalue weighted by Gasteiger charge is 2.13. The maximum atomic E-state index is 13.2. The van der Waals surface area contributed by atoms with Crippen LogP contribution in [0.5, 0.6) is 5.75 Å². The van der Waals surface area contributed by atoms with Crippen LogP contribution in [0.1, 0.15) is 11.1 Å². The number of nitrogens with two attached hydrogens (primary N) is 1. The van der Waals surface area contributed by atoms with Gasteiger partial charge < -0.3 is 10.5 Å². The summed E-state index contributed by atoms with van der Waals surface area (Å²) in [4.78, 5) is 0. The molecule has 0 bridgehead atoms. The molecule has 0 saturated carbocycles. The van der Waals surface area contributed by atoms with Crippen LogP contribution in [-0.4, -0.2) is 13.7 Å². The molecule has 2 rings (SSSR count). The van der Waals surface area contributed by atoms with Crippen molar-refractivity contribution in [3.05, 3.63) is 65.2 Å². The summed E-state index contributed by atoms with van der Waals surface area (Å²) in [6.45, 7) is 0.441. The summed E-state index contributed by atoms with van der Waals surface area (Å²) in [5.74, 6) is -0.208. The van der Waals surface area contributed by atoms with Crippen LogP contribution in [-0.2, 0) is 12.8 Å². The van der Waals surface area contributed by atoms with E-state index in [1.54, 1.807) is 7.11 Å². The van der Waals surface area contributed by atoms with Gasteiger partial charge in [0.1, 0.15) is 17.4 Å². The van der Waals surface area contributed by atoms with Gasteiger partial charge in [0.05, 0.1) is 7.11 Å². The number of rotatable bonds is 6. The zero-order valence-electron chi connectivity index (χ0n) is 12.0. The number of halogens is 2. The zero-order chi connectivity index (χ0) is 15.2. The maximum Gasteiger partial charge on any atom is 0.126 e. The van der Waals surface area contributed by atoms with Gasteiger partial charge in [-0.2, -0.15) is 0 Å². The Morgan fingerprint density at radius 1 is 1.05 bits per heavy atom. The summed E-state index contributed by atoms with van der Waals surface area (Å²) in [6.07, 6.45) is 1.24. The Morgan fingerprint density at radius 2 is 1.71 bits per heavy atom. The second kappa shape index (κ2) is 7.18. The first-order valence-electron chi connectivity index (χ1n) is 6.89. The summed E-state index contributed by atoms with van der Waals surface area (Å²) < 4.78 is 31.8. The average Bonchev–Trinajstić information content (AvgIpc) is 2.46. The lowest BCUT2D eigenvalue weighted by Crippen LogP contribution is -2.19. The van der Waals surface area contributed by atoms with Crippen molar-refractivity contribution in [2.45, 2.75) is 12.8 Å². The zero-order valence-corrected chi connectivity index (χ0v) is 12.0. The van der Waals surface area contributed by atoms with Gasteiger partial charge in [0, 0.05) is 6.07 Å². The fourth-order valence-electron chi connectivity index (χ4n) is 2.48. The van der Waals surface area contributed by atoms with Crippen LogP contribution in [0.2, 0.25) is 0 Å². The molecule has 4 heteroatoms. The monoisotopic (exact) mass is 291 g/mol. The fourth-order valence-corrected chi connectivity index (χ4v) is 2.48. The normalized spacial score (nSPS) is 12.2. The molecule has 21 heavy (non-hydrogen) atoms. The molecule has 0 aliphatic rings. The Bertz CT molecular complexity index is 581. The molecule has 0 aliphatic carbocycles. The van der Waals surface area contributed by atoms with Crippen molar-refractivity contribution in [3.8, 4) is 5.75 Å². The second-order valence-corrected chi connectivity index (χ2v) is 5.10. The average molecular weight is 291 g/mol. The summed E-state index contributed by atoms with van der Waals surface area (Å²) in [5.41, 5.74) is 7.48. The Hall–Kier alpha value is -1.94. The van der Waals surface area contributed by atoms with E-state index in [-0.39, 0.29) is 5.92 Å². The van der Waals surface area contributed by atoms with Crippen LogP contribution >= 0.6 is 0 Å². The van der Waals surface area contributed by atoms with E-state index in [1.807, 2.05) is 24.3 Å². The lowest BCUT2D eigenvalue weighted by Gasteiger charge is -2.17. The maximum absolute atomic E-state index is 13.2. The van der Waals surface area contributed by atoms with Crippen molar-refractivity contribution in [1.29, 1.82) is 0 Å². The summed E-state index contributed by atoms with van der Waals surface area (Å²) in [5, 5.41) is 0. The van der Waals surface area contributed by atoms with Crippen molar-refractivity contribution in [2.75, 3.05) is 13.7 Å². The molecule has 0 spiro atoms. The first-order valence-corrected chi connectivity index (χ1v) is 6.89. The number of hydrogen-bond donors (Lipinski definition) is 1. The third-order valence-electron chi connectivity index (χ3n) is 3.48. The number of hydrogen-bond acceptors (Lipinski definition) is 2. The molecule has 0 saturated heterocycles. The third-order valence-corrected chi connectivity index (χ3v) is 3.48. The number of benzene rings is 2. The molecule has 2 aromatic carbocycles. The van der Waals surface area contributed by atoms with Crippen molar-refractivity contribution in [1.82, 2.24) is 0 Å². The Balaban J connectivity index is 2.13. The first-order chi connectivity index (χ1) is 10.1. The molecule has 0 fully saturated rings. The van der Waals surface area contributed by atoms with Crippen molar-refractivity contribution >= 4 is 0 Å². The highest BCUT2D eigenvalue weighted by Crippen LogP contribution is 2.23. The minimum atomic E-state index is -0.557. The van der Waals surface area contributed by atoms with Gasteiger partial charge in [-0.1, -0.05) is 18.2 Å². The predicted octanol–water partition coefficient (Wildman–Crippen LogP) is 3.33. The lowest BCUT2D eigenvalue weighted by atomic mass is 9.92. The van der Waals surface area contributed by atoms with Crippen LogP contribution in [0, 0.1) is 17.6 Å². The van der Waals surface area contributed by atoms with Crippen LogP contribution in [0.25, 0.3) is 0 Å². The Kier molecular flexibility index (Phi) is 5.28. The highest BCUT2D eigenvalue weighted by atomic mass is 19.1. The van der Waals surface area contributed by atoms with Crippen LogP contribution < -0.4 is 10.5 Å². The molecule has 0 amide bonds. The molecule has 2 aromatic rings. The standard InChI is InChI=1S/C17H19F2NO/c1-21-17-5-3-2-4-14(17)7-13(11-20)6-12-8-15(18)10-16(19)9-12/h2-5,8-10,13H,6-7,11,20H2,1H3. The third kappa shape index (κ3) is 4.26. The topological polar surface area (TPSA) is 35.2 Å². The van der Waals surface area contributed by atoms with E-state index in [9.17, 15) is 8.78 Å². The van der Waals surface area contributed by atoms with Gasteiger partial charge >= 0.3 is 0 Å². The van der Waals surface area contributed by atoms with E-state index in [4.69, 9.17) is 10.5 Å². The van der Waals surface area contributed by atoms with Gasteiger partial charge in [0.15, 0.2) is 0 Å². The molecule has 0 aliphatic heterocycles. The van der Waals surface area contributed by atoms with E-state index in [0.717, 1.165) is 17.4 Å². The number of ether oxygens (including phenoxy) is 1. The van der Waals surface area contributed by atoms with Gasteiger partial charge in [-0.3, -0.25) is 0 Å². The predicted molar refractivity (Wildman–Crippen MR) is 79.3 cm³/mol. The minimum absolute atomic E-state index is 0.0995. The first kappa shape index (κ1) is 15.4. The van der Waals surface area contributed by atoms with Gasteiger partial charge in [-0.25, -0.2) is 8.78 Å². The van der Waals surface area contributed by atoms with Crippen molar-refractivity contribution in [2.24, 2.45) is 11.7 Å². The molecule has 112 valence electrons. The van der Waals surface area contributed by atoms with Gasteiger partial charge in [-0.05, 0) is 54.6 Å². The quantitative estimate of drug-likeness (QED) is 0.886. The smallest absolute Gasteiger partial charge is 0.126 e. The summed E-state index contributed by atoms with van der Waals surface area (Å²) in [6, 6.07) is 11.3. The SMILES string of the molecule is COc1ccccc1CC(CN)Cc1cc(F)cc(F)c1. The Morgan fingerprint density at radius 3 is 2.33 bits per heavy atom. The minimum Gasteiger partial charge on any atom is -0.496 e. The van der Waals surface area contributed by atoms with Gasteiger partial charge in [0.25, 0.3) is 0 Å². The molecule has 1 atom stereocenters. The Labute approximate surface area is 123 Å². The fraction of sp³-hybridized carbons (Fsp3) is 0.294. The van der Waals surface area contributed by atoms with E-state index in [0.29, 0.717) is 24.9 Å². The van der Waals surface area contributed by atoms with Crippen LogP contribution in [0.15, 0.2) is 42.5 Å². The summed E-state index contributed by atoms with van der Waals surface area (Å²) >= 11 is 0. The molecular formula is C17H19F2NO. The molecule has 0 radical (unpaired) electrons. The molecule has 2 N–H and O–H groups in total. The van der Waals surface area contributed by atoms with Crippen LogP contribution in [0.4, 0.5) is 8.78 Å². The van der Waals surface area contributed by atoms with Crippen molar-refractivity contribution < 1.29 is 13.5 Å². The van der Waals surface area contributed by atoms with Gasteiger partial charge in [0.2, 0.25) is 0 Å². The summed E-state index contributed by atoms with van der Waals surface area (Å²) in [7, 11) is 1.62. The van der Waals surface area contributed by atoms with Crippen LogP contribution in [0.3, 0.4) is 0 Å². The highest BCUT2D eigenvalue weighted by molar-refractivity contribution is 5.33. The molecule has 0 heterocycles. The molecule has 1 unspecified atom stereocenters. The molecular weight excluding hydrogens is 272 g/mol. The number of methoxy groups -OCH3 is 1. The molecule has 0 aromatic heterocycles. The molecule has 2 nitrogen and oxygen atoms in total. The van der Waals surface area contributed by atoms with E-state index in [2.05, 4.69) is 0 Å². The van der Waals surface area contributed by atoms with Crippen molar-refractivity contribution in [3.63, 3.8) is 0 Å². The lowest BCUT2D eigenvalue weighted by molar-refractivity contribution is 0.404. The van der Waals surface area contributed by atoms with E-state index < -0.39 is 11.6 Å².